The van der Waals surface area contributed by atoms with Crippen LogP contribution in [0.4, 0.5) is 0 Å². The summed E-state index contributed by atoms with van der Waals surface area (Å²) in [5.41, 5.74) is 1.61. The van der Waals surface area contributed by atoms with Gasteiger partial charge in [-0.1, -0.05) is 11.6 Å². The van der Waals surface area contributed by atoms with Crippen molar-refractivity contribution in [3.05, 3.63) is 34.3 Å². The van der Waals surface area contributed by atoms with E-state index in [9.17, 15) is 4.79 Å². The van der Waals surface area contributed by atoms with Gasteiger partial charge in [-0.15, -0.1) is 0 Å². The normalized spacial score (nSPS) is 16.3. The molecule has 0 saturated carbocycles. The van der Waals surface area contributed by atoms with Crippen molar-refractivity contribution in [3.8, 4) is 0 Å². The summed E-state index contributed by atoms with van der Waals surface area (Å²) in [4.78, 5) is 14.4. The largest absolute Gasteiger partial charge is 0.351 e. The first-order valence-corrected chi connectivity index (χ1v) is 7.02. The van der Waals surface area contributed by atoms with Crippen molar-refractivity contribution in [2.75, 3.05) is 39.3 Å². The number of piperazine rings is 1. The smallest absolute Gasteiger partial charge is 0.251 e. The first-order valence-electron chi connectivity index (χ1n) is 6.64. The number of benzene rings is 1. The number of hydrogen-bond acceptors (Lipinski definition) is 3. The van der Waals surface area contributed by atoms with Gasteiger partial charge in [0.2, 0.25) is 0 Å². The van der Waals surface area contributed by atoms with Gasteiger partial charge in [0.1, 0.15) is 0 Å². The van der Waals surface area contributed by atoms with E-state index in [4.69, 9.17) is 11.6 Å². The molecule has 0 aromatic heterocycles. The Bertz CT molecular complexity index is 444. The van der Waals surface area contributed by atoms with E-state index in [-0.39, 0.29) is 5.91 Å². The highest BCUT2D eigenvalue weighted by Gasteiger charge is 2.11. The molecule has 1 heterocycles. The minimum absolute atomic E-state index is 0.0238. The molecule has 2 N–H and O–H groups in total. The predicted molar refractivity (Wildman–Crippen MR) is 77.8 cm³/mol. The highest BCUT2D eigenvalue weighted by Crippen LogP contribution is 2.14. The maximum absolute atomic E-state index is 12.0. The van der Waals surface area contributed by atoms with Crippen LogP contribution in [0.3, 0.4) is 0 Å². The van der Waals surface area contributed by atoms with Crippen LogP contribution in [0.1, 0.15) is 15.9 Å². The molecule has 0 bridgehead atoms. The van der Waals surface area contributed by atoms with Gasteiger partial charge >= 0.3 is 0 Å². The minimum atomic E-state index is -0.0238. The molecule has 0 spiro atoms. The summed E-state index contributed by atoms with van der Waals surface area (Å²) in [5, 5.41) is 6.94. The third kappa shape index (κ3) is 4.20. The van der Waals surface area contributed by atoms with Crippen LogP contribution < -0.4 is 10.6 Å². The average Bonchev–Trinajstić information content (AvgIpc) is 2.39. The average molecular weight is 282 g/mol. The molecule has 0 aliphatic carbocycles. The van der Waals surface area contributed by atoms with E-state index in [1.165, 1.54) is 0 Å². The van der Waals surface area contributed by atoms with Gasteiger partial charge in [0, 0.05) is 49.9 Å². The van der Waals surface area contributed by atoms with Crippen molar-refractivity contribution in [1.82, 2.24) is 15.5 Å². The first kappa shape index (κ1) is 14.3. The Balaban J connectivity index is 1.80. The molecule has 1 aliphatic rings. The quantitative estimate of drug-likeness (QED) is 0.874. The lowest BCUT2D eigenvalue weighted by Crippen LogP contribution is -2.46. The highest BCUT2D eigenvalue weighted by molar-refractivity contribution is 6.30. The van der Waals surface area contributed by atoms with Crippen LogP contribution in [0.2, 0.25) is 5.02 Å². The molecule has 1 aromatic carbocycles. The number of carbonyl (C=O) groups is 1. The van der Waals surface area contributed by atoms with Crippen molar-refractivity contribution in [1.29, 1.82) is 0 Å². The van der Waals surface area contributed by atoms with Crippen LogP contribution in [0.5, 0.6) is 0 Å². The zero-order valence-corrected chi connectivity index (χ0v) is 12.0. The van der Waals surface area contributed by atoms with Crippen molar-refractivity contribution in [2.24, 2.45) is 0 Å². The molecular formula is C14H20ClN3O. The van der Waals surface area contributed by atoms with Gasteiger partial charge in [0.15, 0.2) is 0 Å². The summed E-state index contributed by atoms with van der Waals surface area (Å²) >= 11 is 5.88. The molecule has 2 rings (SSSR count). The highest BCUT2D eigenvalue weighted by atomic mass is 35.5. The molecule has 1 amide bonds. The summed E-state index contributed by atoms with van der Waals surface area (Å²) in [7, 11) is 0. The molecule has 1 aliphatic heterocycles. The van der Waals surface area contributed by atoms with Gasteiger partial charge in [-0.2, -0.15) is 0 Å². The summed E-state index contributed by atoms with van der Waals surface area (Å²) in [6.07, 6.45) is 0. The molecule has 1 fully saturated rings. The number of nitrogens with zero attached hydrogens (tertiary/aromatic N) is 1. The Morgan fingerprint density at radius 1 is 1.42 bits per heavy atom. The van der Waals surface area contributed by atoms with Crippen molar-refractivity contribution >= 4 is 17.5 Å². The second-order valence-electron chi connectivity index (χ2n) is 4.81. The number of nitrogens with one attached hydrogen (secondary N) is 2. The molecule has 0 atom stereocenters. The van der Waals surface area contributed by atoms with Crippen LogP contribution in [0, 0.1) is 6.92 Å². The third-order valence-electron chi connectivity index (χ3n) is 3.36. The van der Waals surface area contributed by atoms with E-state index in [0.29, 0.717) is 17.1 Å². The second kappa shape index (κ2) is 6.89. The SMILES string of the molecule is Cc1cc(Cl)ccc1C(=O)NCCN1CCNCC1. The van der Waals surface area contributed by atoms with Crippen molar-refractivity contribution in [2.45, 2.75) is 6.92 Å². The molecule has 1 saturated heterocycles. The molecule has 0 unspecified atom stereocenters. The lowest BCUT2D eigenvalue weighted by Gasteiger charge is -2.27. The summed E-state index contributed by atoms with van der Waals surface area (Å²) in [6.45, 7) is 7.65. The molecule has 0 radical (unpaired) electrons. The molecule has 104 valence electrons. The second-order valence-corrected chi connectivity index (χ2v) is 5.24. The van der Waals surface area contributed by atoms with Crippen molar-refractivity contribution in [3.63, 3.8) is 0 Å². The molecule has 4 nitrogen and oxygen atoms in total. The first-order chi connectivity index (χ1) is 9.16. The number of hydrogen-bond donors (Lipinski definition) is 2. The van der Waals surface area contributed by atoms with E-state index < -0.39 is 0 Å². The van der Waals surface area contributed by atoms with Gasteiger partial charge in [0.05, 0.1) is 0 Å². The van der Waals surface area contributed by atoms with Crippen LogP contribution in [0.15, 0.2) is 18.2 Å². The fraction of sp³-hybridized carbons (Fsp3) is 0.500. The van der Waals surface area contributed by atoms with E-state index in [1.54, 1.807) is 12.1 Å². The standard InChI is InChI=1S/C14H20ClN3O/c1-11-10-12(15)2-3-13(11)14(19)17-6-9-18-7-4-16-5-8-18/h2-3,10,16H,4-9H2,1H3,(H,17,19). The Labute approximate surface area is 119 Å². The number of aryl methyl sites for hydroxylation is 1. The fourth-order valence-electron chi connectivity index (χ4n) is 2.24. The summed E-state index contributed by atoms with van der Waals surface area (Å²) < 4.78 is 0. The van der Waals surface area contributed by atoms with Crippen molar-refractivity contribution < 1.29 is 4.79 Å². The van der Waals surface area contributed by atoms with Crippen LogP contribution in [0.25, 0.3) is 0 Å². The third-order valence-corrected chi connectivity index (χ3v) is 3.59. The zero-order chi connectivity index (χ0) is 13.7. The Morgan fingerprint density at radius 3 is 2.84 bits per heavy atom. The van der Waals surface area contributed by atoms with Crippen LogP contribution in [-0.4, -0.2) is 50.1 Å². The van der Waals surface area contributed by atoms with Gasteiger partial charge in [-0.25, -0.2) is 0 Å². The number of rotatable bonds is 4. The monoisotopic (exact) mass is 281 g/mol. The van der Waals surface area contributed by atoms with E-state index in [2.05, 4.69) is 15.5 Å². The van der Waals surface area contributed by atoms with Gasteiger partial charge in [-0.05, 0) is 30.7 Å². The Kier molecular flexibility index (Phi) is 5.19. The Hall–Kier alpha value is -1.10. The summed E-state index contributed by atoms with van der Waals surface area (Å²) in [5.74, 6) is -0.0238. The van der Waals surface area contributed by atoms with Gasteiger partial charge in [0.25, 0.3) is 5.91 Å². The lowest BCUT2D eigenvalue weighted by atomic mass is 10.1. The maximum atomic E-state index is 12.0. The molecule has 5 heteroatoms. The zero-order valence-electron chi connectivity index (χ0n) is 11.2. The topological polar surface area (TPSA) is 44.4 Å². The van der Waals surface area contributed by atoms with Crippen LogP contribution in [-0.2, 0) is 0 Å². The van der Waals surface area contributed by atoms with Gasteiger partial charge < -0.3 is 10.6 Å². The van der Waals surface area contributed by atoms with E-state index in [0.717, 1.165) is 38.3 Å². The number of amides is 1. The maximum Gasteiger partial charge on any atom is 0.251 e. The predicted octanol–water partition coefficient (Wildman–Crippen LogP) is 1.28. The number of carbonyl (C=O) groups excluding carboxylic acids is 1. The van der Waals surface area contributed by atoms with Gasteiger partial charge in [-0.3, -0.25) is 9.69 Å². The molecular weight excluding hydrogens is 262 g/mol. The lowest BCUT2D eigenvalue weighted by molar-refractivity contribution is 0.0946. The van der Waals surface area contributed by atoms with E-state index in [1.807, 2.05) is 13.0 Å². The Morgan fingerprint density at radius 2 is 2.16 bits per heavy atom. The molecule has 1 aromatic rings. The van der Waals surface area contributed by atoms with E-state index >= 15 is 0 Å². The minimum Gasteiger partial charge on any atom is -0.351 e. The fourth-order valence-corrected chi connectivity index (χ4v) is 2.47. The molecule has 19 heavy (non-hydrogen) atoms. The number of halogens is 1. The van der Waals surface area contributed by atoms with Crippen LogP contribution >= 0.6 is 11.6 Å². The summed E-state index contributed by atoms with van der Waals surface area (Å²) in [6, 6.07) is 5.34.